The molecule has 0 aliphatic rings. The molecule has 27 heavy (non-hydrogen) atoms. The minimum Gasteiger partial charge on any atom is -0.459 e. The standard InChI is InChI=1S/C19H23FN2O4S/c1-19(2,3)26-16(24)11-22-10-14(8-9-23)17(25)21-18(22)27-12-13-4-6-15(20)7-5-13/h4-7,10,23H,8-9,11-12H2,1-3H3. The van der Waals surface area contributed by atoms with Crippen LogP contribution in [0, 0.1) is 5.82 Å². The van der Waals surface area contributed by atoms with E-state index in [2.05, 4.69) is 4.98 Å². The minimum atomic E-state index is -0.626. The zero-order valence-electron chi connectivity index (χ0n) is 15.6. The first-order valence-electron chi connectivity index (χ1n) is 8.48. The van der Waals surface area contributed by atoms with Crippen molar-refractivity contribution in [2.24, 2.45) is 0 Å². The summed E-state index contributed by atoms with van der Waals surface area (Å²) in [6, 6.07) is 6.03. The predicted octanol–water partition coefficient (Wildman–Crippen LogP) is 2.55. The molecule has 0 saturated carbocycles. The van der Waals surface area contributed by atoms with Crippen LogP contribution in [0.5, 0.6) is 0 Å². The van der Waals surface area contributed by atoms with E-state index in [9.17, 15) is 14.0 Å². The number of hydrogen-bond acceptors (Lipinski definition) is 6. The van der Waals surface area contributed by atoms with Gasteiger partial charge in [0, 0.05) is 30.5 Å². The van der Waals surface area contributed by atoms with Gasteiger partial charge in [-0.3, -0.25) is 9.59 Å². The molecule has 0 aliphatic heterocycles. The number of carbonyl (C=O) groups excluding carboxylic acids is 1. The van der Waals surface area contributed by atoms with Crippen LogP contribution >= 0.6 is 11.8 Å². The van der Waals surface area contributed by atoms with Crippen LogP contribution in [0.2, 0.25) is 0 Å². The summed E-state index contributed by atoms with van der Waals surface area (Å²) >= 11 is 1.27. The summed E-state index contributed by atoms with van der Waals surface area (Å²) in [5.74, 6) is -0.316. The van der Waals surface area contributed by atoms with E-state index in [1.807, 2.05) is 0 Å². The van der Waals surface area contributed by atoms with Crippen molar-refractivity contribution in [3.8, 4) is 0 Å². The molecule has 146 valence electrons. The van der Waals surface area contributed by atoms with Gasteiger partial charge < -0.3 is 14.4 Å². The fraction of sp³-hybridized carbons (Fsp3) is 0.421. The summed E-state index contributed by atoms with van der Waals surface area (Å²) in [7, 11) is 0. The second kappa shape index (κ2) is 9.14. The number of benzene rings is 1. The molecule has 6 nitrogen and oxygen atoms in total. The number of thioether (sulfide) groups is 1. The molecule has 0 saturated heterocycles. The van der Waals surface area contributed by atoms with Crippen LogP contribution in [0.1, 0.15) is 31.9 Å². The highest BCUT2D eigenvalue weighted by Gasteiger charge is 2.18. The van der Waals surface area contributed by atoms with E-state index in [0.717, 1.165) is 5.56 Å². The maximum absolute atomic E-state index is 13.0. The van der Waals surface area contributed by atoms with Crippen molar-refractivity contribution >= 4 is 17.7 Å². The summed E-state index contributed by atoms with van der Waals surface area (Å²) in [6.07, 6.45) is 1.69. The number of ether oxygens (including phenoxy) is 1. The van der Waals surface area contributed by atoms with Crippen molar-refractivity contribution in [1.82, 2.24) is 9.55 Å². The largest absolute Gasteiger partial charge is 0.459 e. The maximum atomic E-state index is 13.0. The van der Waals surface area contributed by atoms with E-state index in [1.54, 1.807) is 37.5 Å². The van der Waals surface area contributed by atoms with Gasteiger partial charge in [-0.15, -0.1) is 0 Å². The number of rotatable bonds is 7. The fourth-order valence-electron chi connectivity index (χ4n) is 2.28. The lowest BCUT2D eigenvalue weighted by Gasteiger charge is -2.20. The average molecular weight is 394 g/mol. The summed E-state index contributed by atoms with van der Waals surface area (Å²) in [5, 5.41) is 9.47. The first kappa shape index (κ1) is 21.1. The van der Waals surface area contributed by atoms with Crippen molar-refractivity contribution in [3.63, 3.8) is 0 Å². The van der Waals surface area contributed by atoms with Crippen LogP contribution in [0.15, 0.2) is 40.4 Å². The summed E-state index contributed by atoms with van der Waals surface area (Å²) in [5.41, 5.74) is 0.121. The topological polar surface area (TPSA) is 81.4 Å². The molecule has 1 aromatic carbocycles. The molecule has 1 heterocycles. The molecule has 0 bridgehead atoms. The van der Waals surface area contributed by atoms with Gasteiger partial charge in [-0.1, -0.05) is 23.9 Å². The first-order chi connectivity index (χ1) is 12.7. The molecule has 1 aromatic heterocycles. The Balaban J connectivity index is 2.24. The molecule has 0 amide bonds. The number of hydrogen-bond donors (Lipinski definition) is 1. The highest BCUT2D eigenvalue weighted by atomic mass is 32.2. The number of esters is 1. The van der Waals surface area contributed by atoms with E-state index in [-0.39, 0.29) is 25.4 Å². The molecule has 1 N–H and O–H groups in total. The monoisotopic (exact) mass is 394 g/mol. The van der Waals surface area contributed by atoms with Crippen LogP contribution in [0.3, 0.4) is 0 Å². The third-order valence-electron chi connectivity index (χ3n) is 3.41. The van der Waals surface area contributed by atoms with Gasteiger partial charge in [-0.2, -0.15) is 4.98 Å². The Labute approximate surface area is 161 Å². The number of carbonyl (C=O) groups is 1. The van der Waals surface area contributed by atoms with Crippen LogP contribution in [-0.4, -0.2) is 32.8 Å². The Morgan fingerprint density at radius 1 is 1.30 bits per heavy atom. The van der Waals surface area contributed by atoms with Gasteiger partial charge in [-0.25, -0.2) is 4.39 Å². The van der Waals surface area contributed by atoms with E-state index in [4.69, 9.17) is 9.84 Å². The smallest absolute Gasteiger partial charge is 0.326 e. The number of aliphatic hydroxyl groups excluding tert-OH is 1. The van der Waals surface area contributed by atoms with E-state index in [1.165, 1.54) is 30.1 Å². The van der Waals surface area contributed by atoms with E-state index in [0.29, 0.717) is 16.5 Å². The van der Waals surface area contributed by atoms with Crippen LogP contribution in [-0.2, 0) is 28.2 Å². The molecule has 2 rings (SSSR count). The van der Waals surface area contributed by atoms with Crippen LogP contribution < -0.4 is 5.56 Å². The molecular formula is C19H23FN2O4S. The number of aliphatic hydroxyl groups is 1. The van der Waals surface area contributed by atoms with Crippen molar-refractivity contribution < 1.29 is 19.0 Å². The Kier molecular flexibility index (Phi) is 7.15. The van der Waals surface area contributed by atoms with Gasteiger partial charge in [0.1, 0.15) is 18.0 Å². The van der Waals surface area contributed by atoms with Crippen LogP contribution in [0.25, 0.3) is 0 Å². The zero-order valence-corrected chi connectivity index (χ0v) is 16.4. The average Bonchev–Trinajstić information content (AvgIpc) is 2.56. The van der Waals surface area contributed by atoms with Gasteiger partial charge >= 0.3 is 5.97 Å². The predicted molar refractivity (Wildman–Crippen MR) is 101 cm³/mol. The normalized spacial score (nSPS) is 11.4. The first-order valence-corrected chi connectivity index (χ1v) is 9.47. The molecule has 0 fully saturated rings. The van der Waals surface area contributed by atoms with Gasteiger partial charge in [-0.05, 0) is 38.5 Å². The summed E-state index contributed by atoms with van der Waals surface area (Å²) in [4.78, 5) is 28.4. The minimum absolute atomic E-state index is 0.102. The lowest BCUT2D eigenvalue weighted by molar-refractivity contribution is -0.155. The molecule has 2 aromatic rings. The van der Waals surface area contributed by atoms with Crippen molar-refractivity contribution in [2.75, 3.05) is 6.61 Å². The van der Waals surface area contributed by atoms with Crippen molar-refractivity contribution in [3.05, 3.63) is 57.8 Å². The van der Waals surface area contributed by atoms with Crippen molar-refractivity contribution in [2.45, 2.75) is 50.2 Å². The maximum Gasteiger partial charge on any atom is 0.326 e. The zero-order chi connectivity index (χ0) is 20.0. The molecule has 0 atom stereocenters. The Morgan fingerprint density at radius 3 is 2.56 bits per heavy atom. The molecule has 8 heteroatoms. The summed E-state index contributed by atoms with van der Waals surface area (Å²) < 4.78 is 19.9. The van der Waals surface area contributed by atoms with Crippen molar-refractivity contribution in [1.29, 1.82) is 0 Å². The van der Waals surface area contributed by atoms with Gasteiger partial charge in [0.15, 0.2) is 5.16 Å². The van der Waals surface area contributed by atoms with Crippen LogP contribution in [0.4, 0.5) is 4.39 Å². The number of aromatic nitrogens is 2. The Morgan fingerprint density at radius 2 is 1.96 bits per heavy atom. The fourth-order valence-corrected chi connectivity index (χ4v) is 3.20. The SMILES string of the molecule is CC(C)(C)OC(=O)Cn1cc(CCO)c(=O)nc1SCc1ccc(F)cc1. The lowest BCUT2D eigenvalue weighted by Crippen LogP contribution is -2.28. The third kappa shape index (κ3) is 6.80. The van der Waals surface area contributed by atoms with Gasteiger partial charge in [0.2, 0.25) is 0 Å². The Bertz CT molecular complexity index is 844. The van der Waals surface area contributed by atoms with E-state index < -0.39 is 17.1 Å². The van der Waals surface area contributed by atoms with Gasteiger partial charge in [0.25, 0.3) is 5.56 Å². The molecular weight excluding hydrogens is 371 g/mol. The number of halogens is 1. The second-order valence-electron chi connectivity index (χ2n) is 6.96. The molecule has 0 radical (unpaired) electrons. The Hall–Kier alpha value is -2.19. The molecule has 0 unspecified atom stereocenters. The quantitative estimate of drug-likeness (QED) is 0.442. The third-order valence-corrected chi connectivity index (χ3v) is 4.47. The molecule has 0 aliphatic carbocycles. The number of nitrogens with zero attached hydrogens (tertiary/aromatic N) is 2. The lowest BCUT2D eigenvalue weighted by atomic mass is 10.2. The molecule has 0 spiro atoms. The summed E-state index contributed by atoms with van der Waals surface area (Å²) in [6.45, 7) is 5.03. The highest BCUT2D eigenvalue weighted by molar-refractivity contribution is 7.98. The second-order valence-corrected chi connectivity index (χ2v) is 7.90. The highest BCUT2D eigenvalue weighted by Crippen LogP contribution is 2.21. The van der Waals surface area contributed by atoms with Gasteiger partial charge in [0.05, 0.1) is 0 Å². The van der Waals surface area contributed by atoms with E-state index >= 15 is 0 Å².